The van der Waals surface area contributed by atoms with Crippen LogP contribution in [-0.4, -0.2) is 6.54 Å². The summed E-state index contributed by atoms with van der Waals surface area (Å²) < 4.78 is 38.7. The molecule has 0 saturated heterocycles. The van der Waals surface area contributed by atoms with Gasteiger partial charge in [-0.1, -0.05) is 39.3 Å². The molecule has 0 fully saturated rings. The normalized spacial score (nSPS) is 19.6. The molecule has 0 spiro atoms. The number of benzene rings is 1. The van der Waals surface area contributed by atoms with Gasteiger partial charge in [0.15, 0.2) is 0 Å². The summed E-state index contributed by atoms with van der Waals surface area (Å²) in [5.74, 6) is 0.139. The lowest BCUT2D eigenvalue weighted by atomic mass is 9.74. The summed E-state index contributed by atoms with van der Waals surface area (Å²) >= 11 is 0. The van der Waals surface area contributed by atoms with Gasteiger partial charge in [-0.05, 0) is 17.0 Å². The second kappa shape index (κ2) is 4.18. The summed E-state index contributed by atoms with van der Waals surface area (Å²) in [4.78, 5) is 0. The maximum absolute atomic E-state index is 12.9. The minimum Gasteiger partial charge on any atom is -0.384 e. The highest BCUT2D eigenvalue weighted by molar-refractivity contribution is 5.64. The lowest BCUT2D eigenvalue weighted by Crippen LogP contribution is -2.22. The van der Waals surface area contributed by atoms with E-state index >= 15 is 0 Å². The molecule has 1 aliphatic rings. The van der Waals surface area contributed by atoms with Gasteiger partial charge in [0, 0.05) is 18.2 Å². The van der Waals surface area contributed by atoms with E-state index in [0.717, 1.165) is 18.1 Å². The molecule has 1 aromatic carbocycles. The number of hydrogen-bond donors (Lipinski definition) is 1. The minimum atomic E-state index is -4.29. The number of alkyl halides is 3. The number of anilines is 1. The third kappa shape index (κ3) is 2.08. The molecule has 1 atom stereocenters. The third-order valence-electron chi connectivity index (χ3n) is 4.12. The van der Waals surface area contributed by atoms with Crippen molar-refractivity contribution in [2.75, 3.05) is 11.9 Å². The number of hydrogen-bond acceptors (Lipinski definition) is 1. The van der Waals surface area contributed by atoms with E-state index in [0.29, 0.717) is 6.54 Å². The molecular weight excluding hydrogens is 239 g/mol. The second-order valence-electron chi connectivity index (χ2n) is 5.54. The average molecular weight is 257 g/mol. The smallest absolute Gasteiger partial charge is 0.384 e. The van der Waals surface area contributed by atoms with E-state index in [-0.39, 0.29) is 17.0 Å². The first-order valence-electron chi connectivity index (χ1n) is 6.21. The Morgan fingerprint density at radius 1 is 1.28 bits per heavy atom. The summed E-state index contributed by atoms with van der Waals surface area (Å²) in [5, 5.41) is 2.95. The number of para-hydroxylation sites is 1. The van der Waals surface area contributed by atoms with Crippen LogP contribution in [0.3, 0.4) is 0 Å². The molecule has 1 N–H and O–H groups in total. The molecule has 0 bridgehead atoms. The lowest BCUT2D eigenvalue weighted by Gasteiger charge is -2.30. The molecule has 1 aliphatic heterocycles. The molecule has 0 aromatic heterocycles. The molecule has 0 amide bonds. The zero-order valence-corrected chi connectivity index (χ0v) is 10.9. The minimum absolute atomic E-state index is 0.00245. The Morgan fingerprint density at radius 2 is 1.94 bits per heavy atom. The Labute approximate surface area is 105 Å². The SMILES string of the molecule is CCC(C)(C)C1CNc2c1cccc2C(F)(F)F. The van der Waals surface area contributed by atoms with Crippen LogP contribution in [0, 0.1) is 5.41 Å². The predicted octanol–water partition coefficient (Wildman–Crippen LogP) is 4.65. The van der Waals surface area contributed by atoms with Gasteiger partial charge in [-0.2, -0.15) is 13.2 Å². The van der Waals surface area contributed by atoms with Gasteiger partial charge < -0.3 is 5.32 Å². The summed E-state index contributed by atoms with van der Waals surface area (Å²) in [5.41, 5.74) is 0.533. The maximum Gasteiger partial charge on any atom is 0.418 e. The van der Waals surface area contributed by atoms with Crippen molar-refractivity contribution in [2.45, 2.75) is 39.3 Å². The largest absolute Gasteiger partial charge is 0.418 e. The highest BCUT2D eigenvalue weighted by Gasteiger charge is 2.40. The highest BCUT2D eigenvalue weighted by atomic mass is 19.4. The molecule has 4 heteroatoms. The number of halogens is 3. The van der Waals surface area contributed by atoms with Crippen LogP contribution in [0.15, 0.2) is 18.2 Å². The van der Waals surface area contributed by atoms with Crippen molar-refractivity contribution in [1.82, 2.24) is 0 Å². The Kier molecular flexibility index (Phi) is 3.07. The Balaban J connectivity index is 2.48. The van der Waals surface area contributed by atoms with Crippen molar-refractivity contribution in [3.05, 3.63) is 29.3 Å². The molecule has 1 heterocycles. The van der Waals surface area contributed by atoms with Gasteiger partial charge in [-0.3, -0.25) is 0 Å². The van der Waals surface area contributed by atoms with Crippen molar-refractivity contribution in [2.24, 2.45) is 5.41 Å². The molecule has 1 nitrogen and oxygen atoms in total. The van der Waals surface area contributed by atoms with Crippen LogP contribution in [-0.2, 0) is 6.18 Å². The monoisotopic (exact) mass is 257 g/mol. The van der Waals surface area contributed by atoms with E-state index in [1.807, 2.05) is 6.07 Å². The van der Waals surface area contributed by atoms with Crippen molar-refractivity contribution in [1.29, 1.82) is 0 Å². The maximum atomic E-state index is 12.9. The van der Waals surface area contributed by atoms with Gasteiger partial charge in [0.1, 0.15) is 0 Å². The standard InChI is InChI=1S/C14H18F3N/c1-4-13(2,3)11-8-18-12-9(11)6-5-7-10(12)14(15,16)17/h5-7,11,18H,4,8H2,1-3H3. The van der Waals surface area contributed by atoms with Gasteiger partial charge in [0.25, 0.3) is 0 Å². The van der Waals surface area contributed by atoms with E-state index in [2.05, 4.69) is 26.1 Å². The first kappa shape index (κ1) is 13.2. The number of rotatable bonds is 2. The third-order valence-corrected chi connectivity index (χ3v) is 4.12. The Hall–Kier alpha value is -1.19. The second-order valence-corrected chi connectivity index (χ2v) is 5.54. The van der Waals surface area contributed by atoms with Crippen molar-refractivity contribution >= 4 is 5.69 Å². The van der Waals surface area contributed by atoms with Gasteiger partial charge in [0.2, 0.25) is 0 Å². The number of fused-ring (bicyclic) bond motifs is 1. The molecule has 0 saturated carbocycles. The highest BCUT2D eigenvalue weighted by Crippen LogP contribution is 2.48. The van der Waals surface area contributed by atoms with E-state index in [1.54, 1.807) is 0 Å². The summed E-state index contributed by atoms with van der Waals surface area (Å²) in [6.07, 6.45) is -3.35. The Morgan fingerprint density at radius 3 is 2.50 bits per heavy atom. The van der Waals surface area contributed by atoms with Crippen LogP contribution in [0.5, 0.6) is 0 Å². The Bertz CT molecular complexity index is 449. The van der Waals surface area contributed by atoms with E-state index < -0.39 is 11.7 Å². The average Bonchev–Trinajstić information content (AvgIpc) is 2.71. The van der Waals surface area contributed by atoms with Crippen molar-refractivity contribution in [3.63, 3.8) is 0 Å². The zero-order valence-electron chi connectivity index (χ0n) is 10.9. The molecule has 100 valence electrons. The fraction of sp³-hybridized carbons (Fsp3) is 0.571. The molecule has 1 unspecified atom stereocenters. The summed E-state index contributed by atoms with van der Waals surface area (Å²) in [6, 6.07) is 4.47. The first-order chi connectivity index (χ1) is 8.27. The molecule has 18 heavy (non-hydrogen) atoms. The fourth-order valence-corrected chi connectivity index (χ4v) is 2.55. The summed E-state index contributed by atoms with van der Waals surface area (Å²) in [6.45, 7) is 6.87. The van der Waals surface area contributed by atoms with Crippen LogP contribution in [0.25, 0.3) is 0 Å². The van der Waals surface area contributed by atoms with Crippen molar-refractivity contribution < 1.29 is 13.2 Å². The topological polar surface area (TPSA) is 12.0 Å². The zero-order chi connectivity index (χ0) is 13.6. The van der Waals surface area contributed by atoms with Crippen LogP contribution in [0.4, 0.5) is 18.9 Å². The van der Waals surface area contributed by atoms with Gasteiger partial charge in [-0.15, -0.1) is 0 Å². The van der Waals surface area contributed by atoms with Crippen LogP contribution in [0.2, 0.25) is 0 Å². The van der Waals surface area contributed by atoms with Gasteiger partial charge in [-0.25, -0.2) is 0 Å². The molecule has 0 radical (unpaired) electrons. The fourth-order valence-electron chi connectivity index (χ4n) is 2.55. The van der Waals surface area contributed by atoms with Crippen LogP contribution >= 0.6 is 0 Å². The quantitative estimate of drug-likeness (QED) is 0.813. The summed E-state index contributed by atoms with van der Waals surface area (Å²) in [7, 11) is 0. The van der Waals surface area contributed by atoms with Crippen molar-refractivity contribution in [3.8, 4) is 0 Å². The first-order valence-corrected chi connectivity index (χ1v) is 6.21. The van der Waals surface area contributed by atoms with Crippen LogP contribution < -0.4 is 5.32 Å². The molecule has 0 aliphatic carbocycles. The molecular formula is C14H18F3N. The van der Waals surface area contributed by atoms with E-state index in [9.17, 15) is 13.2 Å². The molecule has 1 aromatic rings. The van der Waals surface area contributed by atoms with Crippen LogP contribution in [0.1, 0.15) is 44.2 Å². The van der Waals surface area contributed by atoms with Gasteiger partial charge >= 0.3 is 6.18 Å². The predicted molar refractivity (Wildman–Crippen MR) is 66.7 cm³/mol. The van der Waals surface area contributed by atoms with E-state index in [4.69, 9.17) is 0 Å². The van der Waals surface area contributed by atoms with Gasteiger partial charge in [0.05, 0.1) is 5.56 Å². The lowest BCUT2D eigenvalue weighted by molar-refractivity contribution is -0.136. The van der Waals surface area contributed by atoms with E-state index in [1.165, 1.54) is 6.07 Å². The molecule has 2 rings (SSSR count). The number of nitrogens with one attached hydrogen (secondary N) is 1.